The van der Waals surface area contributed by atoms with Gasteiger partial charge >= 0.3 is 5.97 Å². The molecule has 1 aromatic carbocycles. The molecule has 0 amide bonds. The first-order chi connectivity index (χ1) is 9.20. The summed E-state index contributed by atoms with van der Waals surface area (Å²) in [7, 11) is 0. The Hall–Kier alpha value is -1.39. The highest BCUT2D eigenvalue weighted by atomic mass is 16.4. The third-order valence-electron chi connectivity index (χ3n) is 3.77. The molecule has 1 aliphatic heterocycles. The Balaban J connectivity index is 1.84. The van der Waals surface area contributed by atoms with Crippen LogP contribution in [-0.2, 0) is 11.3 Å². The number of carbonyl (C=O) groups is 1. The van der Waals surface area contributed by atoms with Crippen molar-refractivity contribution in [2.24, 2.45) is 0 Å². The van der Waals surface area contributed by atoms with Crippen molar-refractivity contribution in [1.29, 1.82) is 0 Å². The van der Waals surface area contributed by atoms with Crippen molar-refractivity contribution in [1.82, 2.24) is 9.80 Å². The zero-order valence-corrected chi connectivity index (χ0v) is 11.5. The van der Waals surface area contributed by atoms with E-state index in [0.29, 0.717) is 6.42 Å². The van der Waals surface area contributed by atoms with Gasteiger partial charge in [-0.05, 0) is 12.0 Å². The second-order valence-electron chi connectivity index (χ2n) is 5.06. The van der Waals surface area contributed by atoms with Crippen molar-refractivity contribution < 1.29 is 9.90 Å². The predicted molar refractivity (Wildman–Crippen MR) is 75.0 cm³/mol. The maximum atomic E-state index is 11.1. The minimum Gasteiger partial charge on any atom is -0.480 e. The summed E-state index contributed by atoms with van der Waals surface area (Å²) in [6.45, 7) is 6.47. The number of hydrogen-bond donors (Lipinski definition) is 1. The van der Waals surface area contributed by atoms with Crippen molar-refractivity contribution >= 4 is 5.97 Å². The molecule has 0 radical (unpaired) electrons. The Labute approximate surface area is 114 Å². The summed E-state index contributed by atoms with van der Waals surface area (Å²) in [6.07, 6.45) is 0.675. The van der Waals surface area contributed by atoms with E-state index < -0.39 is 5.97 Å². The van der Waals surface area contributed by atoms with E-state index in [-0.39, 0.29) is 6.04 Å². The van der Waals surface area contributed by atoms with Crippen LogP contribution in [0.5, 0.6) is 0 Å². The molecule has 19 heavy (non-hydrogen) atoms. The molecule has 0 spiro atoms. The molecule has 1 N–H and O–H groups in total. The van der Waals surface area contributed by atoms with Crippen LogP contribution in [0.2, 0.25) is 0 Å². The number of nitrogens with zero attached hydrogens (tertiary/aromatic N) is 2. The van der Waals surface area contributed by atoms with Gasteiger partial charge in [-0.15, -0.1) is 0 Å². The van der Waals surface area contributed by atoms with Gasteiger partial charge in [-0.25, -0.2) is 0 Å². The normalized spacial score (nSPS) is 19.2. The quantitative estimate of drug-likeness (QED) is 0.876. The summed E-state index contributed by atoms with van der Waals surface area (Å²) in [5.41, 5.74) is 1.32. The zero-order valence-electron chi connectivity index (χ0n) is 11.5. The summed E-state index contributed by atoms with van der Waals surface area (Å²) in [5.74, 6) is -0.695. The highest BCUT2D eigenvalue weighted by molar-refractivity contribution is 5.73. The fourth-order valence-electron chi connectivity index (χ4n) is 2.66. The first-order valence-electron chi connectivity index (χ1n) is 6.94. The van der Waals surface area contributed by atoms with Crippen molar-refractivity contribution in [2.75, 3.05) is 26.2 Å². The Morgan fingerprint density at radius 3 is 2.37 bits per heavy atom. The number of piperazine rings is 1. The molecule has 1 aliphatic rings. The lowest BCUT2D eigenvalue weighted by Gasteiger charge is -2.37. The van der Waals surface area contributed by atoms with Crippen LogP contribution in [0.15, 0.2) is 30.3 Å². The second kappa shape index (κ2) is 6.68. The van der Waals surface area contributed by atoms with Gasteiger partial charge in [0.25, 0.3) is 0 Å². The van der Waals surface area contributed by atoms with Crippen molar-refractivity contribution in [2.45, 2.75) is 25.9 Å². The van der Waals surface area contributed by atoms with Gasteiger partial charge in [-0.3, -0.25) is 14.6 Å². The van der Waals surface area contributed by atoms with Gasteiger partial charge in [0.1, 0.15) is 6.04 Å². The number of rotatable bonds is 5. The first-order valence-corrected chi connectivity index (χ1v) is 6.94. The molecule has 0 aliphatic carbocycles. The van der Waals surface area contributed by atoms with Crippen LogP contribution in [0.25, 0.3) is 0 Å². The molecule has 2 rings (SSSR count). The fraction of sp³-hybridized carbons (Fsp3) is 0.533. The van der Waals surface area contributed by atoms with Crippen LogP contribution < -0.4 is 0 Å². The van der Waals surface area contributed by atoms with Crippen LogP contribution in [0, 0.1) is 0 Å². The summed E-state index contributed by atoms with van der Waals surface area (Å²) >= 11 is 0. The maximum absolute atomic E-state index is 11.1. The molecule has 4 heteroatoms. The largest absolute Gasteiger partial charge is 0.480 e. The summed E-state index contributed by atoms with van der Waals surface area (Å²) in [6, 6.07) is 10.1. The predicted octanol–water partition coefficient (Wildman–Crippen LogP) is 1.67. The lowest BCUT2D eigenvalue weighted by Crippen LogP contribution is -2.52. The number of carboxylic acid groups (broad SMARTS) is 1. The monoisotopic (exact) mass is 262 g/mol. The van der Waals surface area contributed by atoms with Gasteiger partial charge in [-0.1, -0.05) is 37.3 Å². The van der Waals surface area contributed by atoms with Crippen molar-refractivity contribution in [3.8, 4) is 0 Å². The van der Waals surface area contributed by atoms with Crippen LogP contribution >= 0.6 is 0 Å². The van der Waals surface area contributed by atoms with E-state index in [9.17, 15) is 9.90 Å². The van der Waals surface area contributed by atoms with E-state index in [1.165, 1.54) is 5.56 Å². The number of carboxylic acids is 1. The highest BCUT2D eigenvalue weighted by Crippen LogP contribution is 2.12. The average Bonchev–Trinajstić information content (AvgIpc) is 2.42. The maximum Gasteiger partial charge on any atom is 0.320 e. The highest BCUT2D eigenvalue weighted by Gasteiger charge is 2.27. The van der Waals surface area contributed by atoms with Crippen LogP contribution in [0.4, 0.5) is 0 Å². The lowest BCUT2D eigenvalue weighted by molar-refractivity contribution is -0.144. The molecule has 1 heterocycles. The van der Waals surface area contributed by atoms with Crippen LogP contribution in [0.1, 0.15) is 18.9 Å². The first kappa shape index (κ1) is 14.0. The van der Waals surface area contributed by atoms with Crippen LogP contribution in [-0.4, -0.2) is 53.1 Å². The molecule has 1 unspecified atom stereocenters. The van der Waals surface area contributed by atoms with Gasteiger partial charge in [0.2, 0.25) is 0 Å². The molecule has 4 nitrogen and oxygen atoms in total. The fourth-order valence-corrected chi connectivity index (χ4v) is 2.66. The van der Waals surface area contributed by atoms with E-state index in [1.807, 2.05) is 13.0 Å². The molecule has 0 bridgehead atoms. The number of benzene rings is 1. The van der Waals surface area contributed by atoms with Crippen LogP contribution in [0.3, 0.4) is 0 Å². The molecule has 104 valence electrons. The molecule has 0 aromatic heterocycles. The smallest absolute Gasteiger partial charge is 0.320 e. The van der Waals surface area contributed by atoms with E-state index in [4.69, 9.17) is 0 Å². The Morgan fingerprint density at radius 2 is 1.84 bits per heavy atom. The van der Waals surface area contributed by atoms with E-state index >= 15 is 0 Å². The van der Waals surface area contributed by atoms with Gasteiger partial charge in [0.05, 0.1) is 0 Å². The van der Waals surface area contributed by atoms with Gasteiger partial charge in [-0.2, -0.15) is 0 Å². The molecule has 1 fully saturated rings. The minimum absolute atomic E-state index is 0.320. The van der Waals surface area contributed by atoms with Gasteiger partial charge < -0.3 is 5.11 Å². The summed E-state index contributed by atoms with van der Waals surface area (Å²) in [4.78, 5) is 15.6. The standard InChI is InChI=1S/C15H22N2O2/c1-2-14(15(18)19)17-10-8-16(9-11-17)12-13-6-4-3-5-7-13/h3-7,14H,2,8-12H2,1H3,(H,18,19). The van der Waals surface area contributed by atoms with E-state index in [2.05, 4.69) is 34.1 Å². The molecular formula is C15H22N2O2. The second-order valence-corrected chi connectivity index (χ2v) is 5.06. The number of hydrogen-bond acceptors (Lipinski definition) is 3. The SMILES string of the molecule is CCC(C(=O)O)N1CCN(Cc2ccccc2)CC1. The average molecular weight is 262 g/mol. The minimum atomic E-state index is -0.695. The Kier molecular flexibility index (Phi) is 4.93. The molecule has 1 aromatic rings. The van der Waals surface area contributed by atoms with E-state index in [1.54, 1.807) is 0 Å². The Bertz CT molecular complexity index is 400. The Morgan fingerprint density at radius 1 is 1.21 bits per heavy atom. The third-order valence-corrected chi connectivity index (χ3v) is 3.77. The molecule has 0 saturated carbocycles. The summed E-state index contributed by atoms with van der Waals surface area (Å²) in [5, 5.41) is 9.17. The topological polar surface area (TPSA) is 43.8 Å². The third kappa shape index (κ3) is 3.78. The van der Waals surface area contributed by atoms with Crippen molar-refractivity contribution in [3.63, 3.8) is 0 Å². The van der Waals surface area contributed by atoms with Gasteiger partial charge in [0, 0.05) is 32.7 Å². The van der Waals surface area contributed by atoms with Crippen molar-refractivity contribution in [3.05, 3.63) is 35.9 Å². The molecular weight excluding hydrogens is 240 g/mol. The van der Waals surface area contributed by atoms with Gasteiger partial charge in [0.15, 0.2) is 0 Å². The van der Waals surface area contributed by atoms with E-state index in [0.717, 1.165) is 32.7 Å². The molecule has 1 atom stereocenters. The molecule has 1 saturated heterocycles. The lowest BCUT2D eigenvalue weighted by atomic mass is 10.1. The zero-order chi connectivity index (χ0) is 13.7. The number of aliphatic carboxylic acids is 1. The summed E-state index contributed by atoms with van der Waals surface area (Å²) < 4.78 is 0.